The number of aromatic nitrogens is 1. The fourth-order valence-electron chi connectivity index (χ4n) is 3.54. The Labute approximate surface area is 182 Å². The minimum Gasteiger partial charge on any atom is -0.360 e. The SMILES string of the molecule is Cc1onc(-c2ccc(F)cc2)c1C(=O)N1CCN(S(=O)(=O)c2ccc(F)cc2F)CC1. The predicted octanol–water partition coefficient (Wildman–Crippen LogP) is 3.21. The smallest absolute Gasteiger partial charge is 0.259 e. The van der Waals surface area contributed by atoms with Gasteiger partial charge in [0.2, 0.25) is 10.0 Å². The van der Waals surface area contributed by atoms with Crippen molar-refractivity contribution in [1.29, 1.82) is 0 Å². The number of amides is 1. The zero-order chi connectivity index (χ0) is 23.0. The third-order valence-corrected chi connectivity index (χ3v) is 7.16. The molecule has 1 amide bonds. The van der Waals surface area contributed by atoms with Gasteiger partial charge in [0.15, 0.2) is 0 Å². The molecule has 1 aliphatic rings. The third kappa shape index (κ3) is 4.00. The molecule has 32 heavy (non-hydrogen) atoms. The van der Waals surface area contributed by atoms with E-state index in [9.17, 15) is 26.4 Å². The third-order valence-electron chi connectivity index (χ3n) is 5.23. The quantitative estimate of drug-likeness (QED) is 0.591. The second-order valence-corrected chi connectivity index (χ2v) is 9.15. The van der Waals surface area contributed by atoms with E-state index in [0.717, 1.165) is 16.4 Å². The molecule has 1 fully saturated rings. The van der Waals surface area contributed by atoms with Gasteiger partial charge in [-0.2, -0.15) is 4.31 Å². The molecule has 0 atom stereocenters. The van der Waals surface area contributed by atoms with Crippen LogP contribution in [0.3, 0.4) is 0 Å². The minimum atomic E-state index is -4.19. The lowest BCUT2D eigenvalue weighted by Crippen LogP contribution is -2.50. The molecule has 11 heteroatoms. The van der Waals surface area contributed by atoms with Gasteiger partial charge in [-0.3, -0.25) is 4.79 Å². The van der Waals surface area contributed by atoms with Crippen LogP contribution in [-0.2, 0) is 10.0 Å². The van der Waals surface area contributed by atoms with Gasteiger partial charge < -0.3 is 9.42 Å². The maximum absolute atomic E-state index is 14.0. The number of halogens is 3. The summed E-state index contributed by atoms with van der Waals surface area (Å²) in [6.45, 7) is 1.54. The van der Waals surface area contributed by atoms with E-state index in [1.807, 2.05) is 0 Å². The molecule has 168 valence electrons. The number of sulfonamides is 1. The molecule has 1 saturated heterocycles. The summed E-state index contributed by atoms with van der Waals surface area (Å²) >= 11 is 0. The molecule has 2 heterocycles. The van der Waals surface area contributed by atoms with Crippen molar-refractivity contribution in [1.82, 2.24) is 14.4 Å². The van der Waals surface area contributed by atoms with E-state index in [2.05, 4.69) is 5.16 Å². The molecule has 0 spiro atoms. The highest BCUT2D eigenvalue weighted by atomic mass is 32.2. The maximum atomic E-state index is 14.0. The van der Waals surface area contributed by atoms with Crippen LogP contribution in [0.25, 0.3) is 11.3 Å². The second kappa shape index (κ2) is 8.40. The molecule has 2 aromatic carbocycles. The lowest BCUT2D eigenvalue weighted by molar-refractivity contribution is 0.0696. The first-order chi connectivity index (χ1) is 15.2. The molecule has 0 saturated carbocycles. The van der Waals surface area contributed by atoms with Gasteiger partial charge >= 0.3 is 0 Å². The van der Waals surface area contributed by atoms with Crippen LogP contribution in [0.15, 0.2) is 51.9 Å². The molecule has 0 unspecified atom stereocenters. The molecule has 3 aromatic rings. The van der Waals surface area contributed by atoms with Crippen molar-refractivity contribution in [3.05, 3.63) is 71.2 Å². The standard InChI is InChI=1S/C21H18F3N3O4S/c1-13-19(20(25-31-13)14-2-4-15(22)5-3-14)21(28)26-8-10-27(11-9-26)32(29,30)18-7-6-16(23)12-17(18)24/h2-7,12H,8-11H2,1H3. The molecule has 0 bridgehead atoms. The zero-order valence-corrected chi connectivity index (χ0v) is 17.7. The number of benzene rings is 2. The first-order valence-electron chi connectivity index (χ1n) is 9.65. The van der Waals surface area contributed by atoms with Crippen molar-refractivity contribution in [2.24, 2.45) is 0 Å². The first kappa shape index (κ1) is 22.0. The summed E-state index contributed by atoms with van der Waals surface area (Å²) < 4.78 is 72.1. The van der Waals surface area contributed by atoms with Crippen LogP contribution in [0, 0.1) is 24.4 Å². The van der Waals surface area contributed by atoms with Crippen LogP contribution < -0.4 is 0 Å². The summed E-state index contributed by atoms with van der Waals surface area (Å²) in [5.41, 5.74) is 0.966. The lowest BCUT2D eigenvalue weighted by Gasteiger charge is -2.34. The number of carbonyl (C=O) groups is 1. The van der Waals surface area contributed by atoms with Crippen molar-refractivity contribution in [2.75, 3.05) is 26.2 Å². The number of piperazine rings is 1. The van der Waals surface area contributed by atoms with Crippen LogP contribution in [0.5, 0.6) is 0 Å². The average Bonchev–Trinajstić information content (AvgIpc) is 3.15. The predicted molar refractivity (Wildman–Crippen MR) is 108 cm³/mol. The highest BCUT2D eigenvalue weighted by Crippen LogP contribution is 2.28. The topological polar surface area (TPSA) is 83.7 Å². The van der Waals surface area contributed by atoms with Gasteiger partial charge in [0, 0.05) is 37.8 Å². The van der Waals surface area contributed by atoms with E-state index in [1.54, 1.807) is 6.92 Å². The molecular weight excluding hydrogens is 447 g/mol. The average molecular weight is 465 g/mol. The van der Waals surface area contributed by atoms with Crippen molar-refractivity contribution in [3.63, 3.8) is 0 Å². The Hall–Kier alpha value is -3.18. The Morgan fingerprint density at radius 2 is 1.59 bits per heavy atom. The van der Waals surface area contributed by atoms with E-state index in [0.29, 0.717) is 11.6 Å². The minimum absolute atomic E-state index is 0.0500. The van der Waals surface area contributed by atoms with Crippen LogP contribution >= 0.6 is 0 Å². The summed E-state index contributed by atoms with van der Waals surface area (Å²) in [6, 6.07) is 7.71. The van der Waals surface area contributed by atoms with Gasteiger partial charge in [0.1, 0.15) is 39.4 Å². The Bertz CT molecular complexity index is 1270. The van der Waals surface area contributed by atoms with Crippen LogP contribution in [-0.4, -0.2) is 54.9 Å². The van der Waals surface area contributed by atoms with E-state index in [1.165, 1.54) is 29.2 Å². The zero-order valence-electron chi connectivity index (χ0n) is 16.9. The van der Waals surface area contributed by atoms with Crippen LogP contribution in [0.2, 0.25) is 0 Å². The van der Waals surface area contributed by atoms with Gasteiger partial charge in [-0.25, -0.2) is 21.6 Å². The molecule has 0 N–H and O–H groups in total. The van der Waals surface area contributed by atoms with E-state index >= 15 is 0 Å². The van der Waals surface area contributed by atoms with E-state index in [4.69, 9.17) is 4.52 Å². The van der Waals surface area contributed by atoms with Crippen molar-refractivity contribution >= 4 is 15.9 Å². The van der Waals surface area contributed by atoms with Gasteiger partial charge in [0.25, 0.3) is 5.91 Å². The maximum Gasteiger partial charge on any atom is 0.259 e. The highest BCUT2D eigenvalue weighted by Gasteiger charge is 2.34. The largest absolute Gasteiger partial charge is 0.360 e. The Kier molecular flexibility index (Phi) is 5.78. The van der Waals surface area contributed by atoms with Gasteiger partial charge in [0.05, 0.1) is 0 Å². The van der Waals surface area contributed by atoms with Crippen molar-refractivity contribution in [2.45, 2.75) is 11.8 Å². The van der Waals surface area contributed by atoms with Crippen LogP contribution in [0.4, 0.5) is 13.2 Å². The van der Waals surface area contributed by atoms with Crippen LogP contribution in [0.1, 0.15) is 16.1 Å². The van der Waals surface area contributed by atoms with E-state index < -0.39 is 38.3 Å². The summed E-state index contributed by atoms with van der Waals surface area (Å²) in [5, 5.41) is 3.92. The first-order valence-corrected chi connectivity index (χ1v) is 11.1. The van der Waals surface area contributed by atoms with E-state index in [-0.39, 0.29) is 43.2 Å². The van der Waals surface area contributed by atoms with Gasteiger partial charge in [-0.1, -0.05) is 5.16 Å². The monoisotopic (exact) mass is 465 g/mol. The number of nitrogens with zero attached hydrogens (tertiary/aromatic N) is 3. The molecular formula is C21H18F3N3O4S. The number of hydrogen-bond donors (Lipinski definition) is 0. The van der Waals surface area contributed by atoms with Crippen molar-refractivity contribution in [3.8, 4) is 11.3 Å². The molecule has 1 aromatic heterocycles. The van der Waals surface area contributed by atoms with Gasteiger partial charge in [-0.05, 0) is 43.3 Å². The molecule has 1 aliphatic heterocycles. The fraction of sp³-hybridized carbons (Fsp3) is 0.238. The molecule has 7 nitrogen and oxygen atoms in total. The van der Waals surface area contributed by atoms with Gasteiger partial charge in [-0.15, -0.1) is 0 Å². The number of rotatable bonds is 4. The Morgan fingerprint density at radius 3 is 2.22 bits per heavy atom. The second-order valence-electron chi connectivity index (χ2n) is 7.24. The molecule has 0 aliphatic carbocycles. The normalized spacial score (nSPS) is 15.2. The summed E-state index contributed by atoms with van der Waals surface area (Å²) in [5.74, 6) is -2.62. The fourth-order valence-corrected chi connectivity index (χ4v) is 5.01. The van der Waals surface area contributed by atoms with Crippen molar-refractivity contribution < 1.29 is 30.9 Å². The number of hydrogen-bond acceptors (Lipinski definition) is 5. The lowest BCUT2D eigenvalue weighted by atomic mass is 10.0. The Balaban J connectivity index is 1.52. The highest BCUT2D eigenvalue weighted by molar-refractivity contribution is 7.89. The molecule has 4 rings (SSSR count). The Morgan fingerprint density at radius 1 is 0.969 bits per heavy atom. The summed E-state index contributed by atoms with van der Waals surface area (Å²) in [7, 11) is -4.19. The number of carbonyl (C=O) groups excluding carboxylic acids is 1. The summed E-state index contributed by atoms with van der Waals surface area (Å²) in [4.78, 5) is 14.0. The number of aryl methyl sites for hydroxylation is 1. The summed E-state index contributed by atoms with van der Waals surface area (Å²) in [6.07, 6.45) is 0. The molecule has 0 radical (unpaired) electrons.